The predicted octanol–water partition coefficient (Wildman–Crippen LogP) is 1.11. The maximum atomic E-state index is 5.00. The SMILES string of the molecule is CCc1nsc(N2CCN(Cc3noc(C)n3)CC2)n1. The molecular formula is C12H18N6OS. The van der Waals surface area contributed by atoms with Crippen molar-refractivity contribution in [1.29, 1.82) is 0 Å². The average molecular weight is 294 g/mol. The summed E-state index contributed by atoms with van der Waals surface area (Å²) in [6.45, 7) is 8.54. The molecule has 0 aliphatic carbocycles. The van der Waals surface area contributed by atoms with E-state index in [0.717, 1.165) is 55.9 Å². The molecule has 1 aliphatic heterocycles. The molecule has 8 heteroatoms. The van der Waals surface area contributed by atoms with Gasteiger partial charge in [-0.2, -0.15) is 9.36 Å². The highest BCUT2D eigenvalue weighted by atomic mass is 32.1. The molecule has 0 spiro atoms. The van der Waals surface area contributed by atoms with Crippen molar-refractivity contribution < 1.29 is 4.52 Å². The maximum Gasteiger partial charge on any atom is 0.223 e. The topological polar surface area (TPSA) is 71.2 Å². The molecule has 0 atom stereocenters. The van der Waals surface area contributed by atoms with Gasteiger partial charge in [-0.15, -0.1) is 0 Å². The Kier molecular flexibility index (Phi) is 3.93. The monoisotopic (exact) mass is 294 g/mol. The lowest BCUT2D eigenvalue weighted by atomic mass is 10.3. The summed E-state index contributed by atoms with van der Waals surface area (Å²) in [5.74, 6) is 2.33. The van der Waals surface area contributed by atoms with Crippen molar-refractivity contribution in [1.82, 2.24) is 24.4 Å². The van der Waals surface area contributed by atoms with Crippen molar-refractivity contribution in [3.05, 3.63) is 17.5 Å². The fourth-order valence-electron chi connectivity index (χ4n) is 2.22. The summed E-state index contributed by atoms with van der Waals surface area (Å²) in [6.07, 6.45) is 0.896. The molecule has 7 nitrogen and oxygen atoms in total. The van der Waals surface area contributed by atoms with E-state index in [0.29, 0.717) is 5.89 Å². The van der Waals surface area contributed by atoms with Gasteiger partial charge in [-0.25, -0.2) is 4.98 Å². The molecule has 2 aromatic rings. The Balaban J connectivity index is 1.54. The molecule has 0 amide bonds. The van der Waals surface area contributed by atoms with Gasteiger partial charge in [0.1, 0.15) is 5.82 Å². The van der Waals surface area contributed by atoms with Gasteiger partial charge in [-0.1, -0.05) is 12.1 Å². The summed E-state index contributed by atoms with van der Waals surface area (Å²) in [5, 5.41) is 4.98. The standard InChI is InChI=1S/C12H18N6OS/c1-3-10-14-12(20-16-10)18-6-4-17(5-7-18)8-11-13-9(2)19-15-11/h3-8H2,1-2H3. The molecule has 0 radical (unpaired) electrons. The van der Waals surface area contributed by atoms with Gasteiger partial charge in [0.25, 0.3) is 0 Å². The van der Waals surface area contributed by atoms with Gasteiger partial charge >= 0.3 is 0 Å². The minimum Gasteiger partial charge on any atom is -0.344 e. The van der Waals surface area contributed by atoms with E-state index in [9.17, 15) is 0 Å². The van der Waals surface area contributed by atoms with E-state index in [-0.39, 0.29) is 0 Å². The van der Waals surface area contributed by atoms with Gasteiger partial charge in [0, 0.05) is 51.1 Å². The highest BCUT2D eigenvalue weighted by Crippen LogP contribution is 2.19. The molecule has 1 fully saturated rings. The van der Waals surface area contributed by atoms with Crippen molar-refractivity contribution in [2.24, 2.45) is 0 Å². The molecule has 2 aromatic heterocycles. The molecule has 3 rings (SSSR count). The van der Waals surface area contributed by atoms with Crippen LogP contribution in [-0.4, -0.2) is 50.6 Å². The zero-order valence-electron chi connectivity index (χ0n) is 11.7. The van der Waals surface area contributed by atoms with Crippen LogP contribution in [0.25, 0.3) is 0 Å². The van der Waals surface area contributed by atoms with Gasteiger partial charge in [0.05, 0.1) is 6.54 Å². The van der Waals surface area contributed by atoms with Crippen LogP contribution >= 0.6 is 11.5 Å². The molecule has 0 aromatic carbocycles. The first kappa shape index (κ1) is 13.4. The van der Waals surface area contributed by atoms with E-state index in [2.05, 4.69) is 36.2 Å². The number of piperazine rings is 1. The summed E-state index contributed by atoms with van der Waals surface area (Å²) in [6, 6.07) is 0. The fourth-order valence-corrected chi connectivity index (χ4v) is 3.02. The summed E-state index contributed by atoms with van der Waals surface area (Å²) < 4.78 is 9.34. The van der Waals surface area contributed by atoms with Crippen molar-refractivity contribution in [3.63, 3.8) is 0 Å². The first-order valence-electron chi connectivity index (χ1n) is 6.83. The largest absolute Gasteiger partial charge is 0.344 e. The number of nitrogens with zero attached hydrogens (tertiary/aromatic N) is 6. The maximum absolute atomic E-state index is 5.00. The van der Waals surface area contributed by atoms with Crippen LogP contribution in [0.1, 0.15) is 24.5 Å². The normalized spacial score (nSPS) is 16.8. The molecule has 1 saturated heterocycles. The van der Waals surface area contributed by atoms with E-state index < -0.39 is 0 Å². The van der Waals surface area contributed by atoms with Crippen LogP contribution in [0.2, 0.25) is 0 Å². The van der Waals surface area contributed by atoms with Crippen molar-refractivity contribution in [2.45, 2.75) is 26.8 Å². The molecule has 0 saturated carbocycles. The molecule has 0 bridgehead atoms. The van der Waals surface area contributed by atoms with E-state index in [1.165, 1.54) is 11.5 Å². The Labute approximate surface area is 121 Å². The van der Waals surface area contributed by atoms with Crippen LogP contribution < -0.4 is 4.90 Å². The number of anilines is 1. The van der Waals surface area contributed by atoms with Crippen molar-refractivity contribution in [3.8, 4) is 0 Å². The van der Waals surface area contributed by atoms with Gasteiger partial charge in [0.15, 0.2) is 5.82 Å². The van der Waals surface area contributed by atoms with Gasteiger partial charge < -0.3 is 9.42 Å². The smallest absolute Gasteiger partial charge is 0.223 e. The zero-order valence-corrected chi connectivity index (χ0v) is 12.6. The van der Waals surface area contributed by atoms with E-state index in [1.807, 2.05) is 6.92 Å². The Hall–Kier alpha value is -1.54. The first-order chi connectivity index (χ1) is 9.74. The number of aromatic nitrogens is 4. The number of hydrogen-bond donors (Lipinski definition) is 0. The molecule has 20 heavy (non-hydrogen) atoms. The second kappa shape index (κ2) is 5.84. The van der Waals surface area contributed by atoms with Crippen LogP contribution in [0.4, 0.5) is 5.13 Å². The highest BCUT2D eigenvalue weighted by molar-refractivity contribution is 7.09. The molecule has 108 valence electrons. The van der Waals surface area contributed by atoms with E-state index in [4.69, 9.17) is 4.52 Å². The Morgan fingerprint density at radius 1 is 1.15 bits per heavy atom. The van der Waals surface area contributed by atoms with Crippen LogP contribution in [0, 0.1) is 6.92 Å². The average Bonchev–Trinajstić information content (AvgIpc) is 3.09. The van der Waals surface area contributed by atoms with Gasteiger partial charge in [-0.05, 0) is 0 Å². The quantitative estimate of drug-likeness (QED) is 0.836. The second-order valence-corrected chi connectivity index (χ2v) is 5.57. The Morgan fingerprint density at radius 2 is 1.95 bits per heavy atom. The molecule has 1 aliphatic rings. The lowest BCUT2D eigenvalue weighted by Crippen LogP contribution is -2.46. The molecule has 3 heterocycles. The van der Waals surface area contributed by atoms with Gasteiger partial charge in [-0.3, -0.25) is 4.90 Å². The van der Waals surface area contributed by atoms with E-state index in [1.54, 1.807) is 0 Å². The summed E-state index contributed by atoms with van der Waals surface area (Å²) in [4.78, 5) is 13.4. The minimum atomic E-state index is 0.625. The molecule has 0 N–H and O–H groups in total. The number of hydrogen-bond acceptors (Lipinski definition) is 8. The van der Waals surface area contributed by atoms with Crippen molar-refractivity contribution in [2.75, 3.05) is 31.1 Å². The Bertz CT molecular complexity index is 560. The highest BCUT2D eigenvalue weighted by Gasteiger charge is 2.21. The second-order valence-electron chi connectivity index (χ2n) is 4.84. The lowest BCUT2D eigenvalue weighted by molar-refractivity contribution is 0.240. The summed E-state index contributed by atoms with van der Waals surface area (Å²) in [7, 11) is 0. The minimum absolute atomic E-state index is 0.625. The fraction of sp³-hybridized carbons (Fsp3) is 0.667. The third-order valence-corrected chi connectivity index (χ3v) is 4.17. The molecule has 0 unspecified atom stereocenters. The predicted molar refractivity (Wildman–Crippen MR) is 75.8 cm³/mol. The van der Waals surface area contributed by atoms with Crippen LogP contribution in [0.5, 0.6) is 0 Å². The van der Waals surface area contributed by atoms with Crippen molar-refractivity contribution >= 4 is 16.7 Å². The van der Waals surface area contributed by atoms with Crippen LogP contribution in [0.15, 0.2) is 4.52 Å². The first-order valence-corrected chi connectivity index (χ1v) is 7.61. The number of aryl methyl sites for hydroxylation is 2. The summed E-state index contributed by atoms with van der Waals surface area (Å²) >= 11 is 1.50. The lowest BCUT2D eigenvalue weighted by Gasteiger charge is -2.33. The Morgan fingerprint density at radius 3 is 2.55 bits per heavy atom. The van der Waals surface area contributed by atoms with Crippen LogP contribution in [-0.2, 0) is 13.0 Å². The summed E-state index contributed by atoms with van der Waals surface area (Å²) in [5.41, 5.74) is 0. The molecular weight excluding hydrogens is 276 g/mol. The van der Waals surface area contributed by atoms with E-state index >= 15 is 0 Å². The third-order valence-electron chi connectivity index (χ3n) is 3.35. The zero-order chi connectivity index (χ0) is 13.9. The number of rotatable bonds is 4. The van der Waals surface area contributed by atoms with Crippen LogP contribution in [0.3, 0.4) is 0 Å². The van der Waals surface area contributed by atoms with Gasteiger partial charge in [0.2, 0.25) is 11.0 Å². The third kappa shape index (κ3) is 2.96.